The van der Waals surface area contributed by atoms with Crippen molar-refractivity contribution >= 4 is 11.9 Å². The quantitative estimate of drug-likeness (QED) is 0.741. The van der Waals surface area contributed by atoms with Gasteiger partial charge in [-0.25, -0.2) is 13.6 Å². The second-order valence-electron chi connectivity index (χ2n) is 3.33. The fourth-order valence-corrected chi connectivity index (χ4v) is 1.17. The summed E-state index contributed by atoms with van der Waals surface area (Å²) >= 11 is 0. The topological polar surface area (TPSA) is 75.6 Å². The normalized spacial score (nSPS) is 10.1. The molecule has 0 aromatic heterocycles. The second kappa shape index (κ2) is 6.65. The number of ether oxygens (including phenoxy) is 1. The van der Waals surface area contributed by atoms with Crippen LogP contribution in [-0.2, 0) is 9.53 Å². The van der Waals surface area contributed by atoms with Crippen molar-refractivity contribution in [3.8, 4) is 0 Å². The monoisotopic (exact) mass is 259 g/mol. The Hall–Kier alpha value is -2.02. The molecule has 7 heteroatoms. The Morgan fingerprint density at radius 2 is 2.06 bits per heavy atom. The minimum atomic E-state index is -1.12. The maximum atomic E-state index is 13.2. The number of hydrogen-bond acceptors (Lipinski definition) is 3. The number of halogens is 2. The summed E-state index contributed by atoms with van der Waals surface area (Å²) in [7, 11) is 0. The van der Waals surface area contributed by atoms with Gasteiger partial charge in [0.05, 0.1) is 12.2 Å². The summed E-state index contributed by atoms with van der Waals surface area (Å²) in [6.45, 7) is -0.454. The van der Waals surface area contributed by atoms with E-state index in [1.165, 1.54) is 0 Å². The number of benzene rings is 1. The molecule has 0 spiro atoms. The Morgan fingerprint density at radius 3 is 2.67 bits per heavy atom. The largest absolute Gasteiger partial charge is 0.480 e. The minimum Gasteiger partial charge on any atom is -0.480 e. The number of hydrogen-bond donors (Lipinski definition) is 2. The number of amides is 1. The Kier molecular flexibility index (Phi) is 5.19. The van der Waals surface area contributed by atoms with Crippen LogP contribution in [0, 0.1) is 11.6 Å². The van der Waals surface area contributed by atoms with Gasteiger partial charge in [0.25, 0.3) is 5.91 Å². The van der Waals surface area contributed by atoms with Gasteiger partial charge in [0.15, 0.2) is 0 Å². The Labute approximate surface area is 101 Å². The molecule has 0 radical (unpaired) electrons. The zero-order valence-corrected chi connectivity index (χ0v) is 9.28. The van der Waals surface area contributed by atoms with Crippen molar-refractivity contribution in [2.75, 3.05) is 19.8 Å². The molecule has 0 bridgehead atoms. The molecule has 2 N–H and O–H groups in total. The van der Waals surface area contributed by atoms with Crippen molar-refractivity contribution in [2.24, 2.45) is 0 Å². The first-order valence-corrected chi connectivity index (χ1v) is 5.03. The molecule has 0 saturated carbocycles. The lowest BCUT2D eigenvalue weighted by Crippen LogP contribution is -2.28. The van der Waals surface area contributed by atoms with Crippen LogP contribution in [0.1, 0.15) is 10.4 Å². The lowest BCUT2D eigenvalue weighted by atomic mass is 10.2. The number of carboxylic acid groups (broad SMARTS) is 1. The van der Waals surface area contributed by atoms with Crippen LogP contribution in [0.15, 0.2) is 18.2 Å². The van der Waals surface area contributed by atoms with Gasteiger partial charge in [-0.2, -0.15) is 0 Å². The van der Waals surface area contributed by atoms with Crippen molar-refractivity contribution in [2.45, 2.75) is 0 Å². The van der Waals surface area contributed by atoms with Crippen LogP contribution in [0.2, 0.25) is 0 Å². The first kappa shape index (κ1) is 14.0. The molecule has 0 heterocycles. The van der Waals surface area contributed by atoms with Crippen LogP contribution in [0.4, 0.5) is 8.78 Å². The molecule has 1 amide bonds. The highest BCUT2D eigenvalue weighted by Crippen LogP contribution is 2.08. The molecule has 0 aliphatic rings. The van der Waals surface area contributed by atoms with Crippen LogP contribution in [0.5, 0.6) is 0 Å². The Bertz CT molecular complexity index is 451. The van der Waals surface area contributed by atoms with E-state index >= 15 is 0 Å². The number of aliphatic carboxylic acids is 1. The third kappa shape index (κ3) is 4.46. The summed E-state index contributed by atoms with van der Waals surface area (Å²) < 4.78 is 30.4. The van der Waals surface area contributed by atoms with Crippen molar-refractivity contribution in [3.63, 3.8) is 0 Å². The third-order valence-electron chi connectivity index (χ3n) is 1.93. The molecule has 0 unspecified atom stereocenters. The maximum Gasteiger partial charge on any atom is 0.329 e. The van der Waals surface area contributed by atoms with Gasteiger partial charge in [-0.1, -0.05) is 0 Å². The van der Waals surface area contributed by atoms with Gasteiger partial charge >= 0.3 is 5.97 Å². The number of carbonyl (C=O) groups is 2. The van der Waals surface area contributed by atoms with E-state index in [9.17, 15) is 18.4 Å². The Morgan fingerprint density at radius 1 is 1.33 bits per heavy atom. The molecular formula is C11H11F2NO4. The van der Waals surface area contributed by atoms with E-state index in [1.807, 2.05) is 0 Å². The Balaban J connectivity index is 2.39. The van der Waals surface area contributed by atoms with E-state index in [1.54, 1.807) is 0 Å². The molecule has 0 aliphatic carbocycles. The summed E-state index contributed by atoms with van der Waals surface area (Å²) in [6, 6.07) is 2.60. The molecule has 0 fully saturated rings. The SMILES string of the molecule is O=C(O)COCCNC(=O)c1ccc(F)cc1F. The number of carboxylic acids is 1. The van der Waals surface area contributed by atoms with E-state index in [4.69, 9.17) is 5.11 Å². The molecule has 5 nitrogen and oxygen atoms in total. The maximum absolute atomic E-state index is 13.2. The van der Waals surface area contributed by atoms with Gasteiger partial charge in [0.1, 0.15) is 18.2 Å². The van der Waals surface area contributed by atoms with Crippen LogP contribution in [0.25, 0.3) is 0 Å². The first-order valence-electron chi connectivity index (χ1n) is 5.03. The zero-order chi connectivity index (χ0) is 13.5. The first-order chi connectivity index (χ1) is 8.50. The average Bonchev–Trinajstić information content (AvgIpc) is 2.27. The predicted molar refractivity (Wildman–Crippen MR) is 57.1 cm³/mol. The zero-order valence-electron chi connectivity index (χ0n) is 9.28. The van der Waals surface area contributed by atoms with E-state index in [0.29, 0.717) is 6.07 Å². The lowest BCUT2D eigenvalue weighted by molar-refractivity contribution is -0.142. The smallest absolute Gasteiger partial charge is 0.329 e. The molecule has 18 heavy (non-hydrogen) atoms. The molecule has 0 saturated heterocycles. The van der Waals surface area contributed by atoms with Gasteiger partial charge in [0.2, 0.25) is 0 Å². The molecule has 1 aromatic carbocycles. The summed E-state index contributed by atoms with van der Waals surface area (Å²) in [5.74, 6) is -3.56. The van der Waals surface area contributed by atoms with Crippen molar-refractivity contribution in [1.29, 1.82) is 0 Å². The summed E-state index contributed by atoms with van der Waals surface area (Å²) in [6.07, 6.45) is 0. The third-order valence-corrected chi connectivity index (χ3v) is 1.93. The lowest BCUT2D eigenvalue weighted by Gasteiger charge is -2.06. The van der Waals surface area contributed by atoms with Gasteiger partial charge in [-0.05, 0) is 12.1 Å². The van der Waals surface area contributed by atoms with Crippen molar-refractivity contribution < 1.29 is 28.2 Å². The summed E-state index contributed by atoms with van der Waals surface area (Å²) in [5, 5.41) is 10.6. The predicted octanol–water partition coefficient (Wildman–Crippen LogP) is 0.796. The van der Waals surface area contributed by atoms with Gasteiger partial charge in [-0.3, -0.25) is 4.79 Å². The van der Waals surface area contributed by atoms with E-state index in [-0.39, 0.29) is 18.7 Å². The van der Waals surface area contributed by atoms with E-state index < -0.39 is 30.1 Å². The van der Waals surface area contributed by atoms with Crippen LogP contribution in [-0.4, -0.2) is 36.7 Å². The molecule has 0 atom stereocenters. The fourth-order valence-electron chi connectivity index (χ4n) is 1.17. The molecule has 1 aromatic rings. The highest BCUT2D eigenvalue weighted by Gasteiger charge is 2.11. The van der Waals surface area contributed by atoms with Crippen molar-refractivity contribution in [3.05, 3.63) is 35.4 Å². The van der Waals surface area contributed by atoms with Gasteiger partial charge < -0.3 is 15.2 Å². The van der Waals surface area contributed by atoms with Gasteiger partial charge in [0, 0.05) is 12.6 Å². The van der Waals surface area contributed by atoms with E-state index in [2.05, 4.69) is 10.1 Å². The minimum absolute atomic E-state index is 0.0130. The fraction of sp³-hybridized carbons (Fsp3) is 0.273. The molecule has 0 aliphatic heterocycles. The number of carbonyl (C=O) groups excluding carboxylic acids is 1. The highest BCUT2D eigenvalue weighted by atomic mass is 19.1. The van der Waals surface area contributed by atoms with Crippen LogP contribution >= 0.6 is 0 Å². The number of rotatable bonds is 6. The molecule has 98 valence electrons. The van der Waals surface area contributed by atoms with Crippen LogP contribution < -0.4 is 5.32 Å². The van der Waals surface area contributed by atoms with Crippen LogP contribution in [0.3, 0.4) is 0 Å². The standard InChI is InChI=1S/C11H11F2NO4/c12-7-1-2-8(9(13)5-7)11(17)14-3-4-18-6-10(15)16/h1-2,5H,3-4,6H2,(H,14,17)(H,15,16). The summed E-state index contributed by atoms with van der Waals surface area (Å²) in [5.41, 5.74) is -0.283. The molecular weight excluding hydrogens is 248 g/mol. The van der Waals surface area contributed by atoms with Crippen molar-refractivity contribution in [1.82, 2.24) is 5.32 Å². The van der Waals surface area contributed by atoms with E-state index in [0.717, 1.165) is 12.1 Å². The van der Waals surface area contributed by atoms with Gasteiger partial charge in [-0.15, -0.1) is 0 Å². The highest BCUT2D eigenvalue weighted by molar-refractivity contribution is 5.94. The summed E-state index contributed by atoms with van der Waals surface area (Å²) in [4.78, 5) is 21.5. The number of nitrogens with one attached hydrogen (secondary N) is 1. The second-order valence-corrected chi connectivity index (χ2v) is 3.33. The average molecular weight is 259 g/mol. The molecule has 1 rings (SSSR count).